The maximum absolute atomic E-state index is 9.22. The highest BCUT2D eigenvalue weighted by Crippen LogP contribution is 2.41. The number of pyridine rings is 2. The first-order valence-electron chi connectivity index (χ1n) is 7.67. The molecule has 3 aromatic rings. The Balaban J connectivity index is 1.93. The molecule has 7 heteroatoms. The van der Waals surface area contributed by atoms with Crippen LogP contribution < -0.4 is 10.6 Å². The highest BCUT2D eigenvalue weighted by Gasteiger charge is 2.22. The van der Waals surface area contributed by atoms with Crippen LogP contribution in [0.25, 0.3) is 22.4 Å². The van der Waals surface area contributed by atoms with Crippen LogP contribution in [0.2, 0.25) is 0 Å². The fraction of sp³-hybridized carbons (Fsp3) is 0.176. The molecule has 0 radical (unpaired) electrons. The van der Waals surface area contributed by atoms with E-state index < -0.39 is 0 Å². The number of hydrogen-bond donors (Lipinski definition) is 3. The maximum Gasteiger partial charge on any atom is 0.223 e. The summed E-state index contributed by atoms with van der Waals surface area (Å²) in [6.07, 6.45) is 7.04. The topological polar surface area (TPSA) is 95.9 Å². The van der Waals surface area contributed by atoms with Gasteiger partial charge in [0.2, 0.25) is 5.95 Å². The molecule has 1 aliphatic heterocycles. The van der Waals surface area contributed by atoms with Crippen LogP contribution >= 0.6 is 0 Å². The number of nitrogens with one attached hydrogen (secondary N) is 2. The molecule has 0 fully saturated rings. The van der Waals surface area contributed by atoms with Crippen LogP contribution in [0.3, 0.4) is 0 Å². The van der Waals surface area contributed by atoms with Gasteiger partial charge in [0.05, 0.1) is 24.2 Å². The Bertz CT molecular complexity index is 898. The second-order valence-corrected chi connectivity index (χ2v) is 5.63. The average molecular weight is 320 g/mol. The lowest BCUT2D eigenvalue weighted by Gasteiger charge is -2.13. The highest BCUT2D eigenvalue weighted by atomic mass is 16.3. The first-order valence-corrected chi connectivity index (χ1v) is 7.67. The van der Waals surface area contributed by atoms with Crippen LogP contribution in [-0.4, -0.2) is 37.7 Å². The van der Waals surface area contributed by atoms with Gasteiger partial charge in [-0.3, -0.25) is 4.98 Å². The van der Waals surface area contributed by atoms with Gasteiger partial charge in [-0.15, -0.1) is 0 Å². The molecule has 7 nitrogen and oxygen atoms in total. The normalized spacial score (nSPS) is 12.9. The molecule has 120 valence electrons. The van der Waals surface area contributed by atoms with Gasteiger partial charge in [0.15, 0.2) is 0 Å². The second-order valence-electron chi connectivity index (χ2n) is 5.63. The molecule has 0 amide bonds. The third kappa shape index (κ3) is 2.44. The summed E-state index contributed by atoms with van der Waals surface area (Å²) in [6.45, 7) is 1.88. The van der Waals surface area contributed by atoms with Crippen molar-refractivity contribution in [2.45, 2.75) is 13.0 Å². The molecule has 3 N–H and O–H groups in total. The van der Waals surface area contributed by atoms with E-state index in [2.05, 4.69) is 30.6 Å². The molecule has 0 bridgehead atoms. The number of anilines is 3. The molecule has 0 saturated carbocycles. The van der Waals surface area contributed by atoms with Crippen LogP contribution in [0.1, 0.15) is 6.92 Å². The molecule has 1 atom stereocenters. The van der Waals surface area contributed by atoms with E-state index >= 15 is 0 Å². The first-order chi connectivity index (χ1) is 11.8. The van der Waals surface area contributed by atoms with Crippen molar-refractivity contribution in [3.05, 3.63) is 43.0 Å². The lowest BCUT2D eigenvalue weighted by atomic mass is 10.0. The van der Waals surface area contributed by atoms with Crippen molar-refractivity contribution in [1.82, 2.24) is 19.9 Å². The Morgan fingerprint density at radius 3 is 2.92 bits per heavy atom. The number of aromatic nitrogens is 4. The summed E-state index contributed by atoms with van der Waals surface area (Å²) in [5.74, 6) is 1.20. The zero-order chi connectivity index (χ0) is 16.5. The Kier molecular flexibility index (Phi) is 3.55. The van der Waals surface area contributed by atoms with Gasteiger partial charge in [0.1, 0.15) is 5.82 Å². The predicted octanol–water partition coefficient (Wildman–Crippen LogP) is 2.45. The Morgan fingerprint density at radius 1 is 1.12 bits per heavy atom. The van der Waals surface area contributed by atoms with Gasteiger partial charge in [-0.2, -0.15) is 0 Å². The van der Waals surface area contributed by atoms with Crippen molar-refractivity contribution in [3.63, 3.8) is 0 Å². The molecule has 0 saturated heterocycles. The van der Waals surface area contributed by atoms with Gasteiger partial charge in [0.25, 0.3) is 0 Å². The third-order valence-corrected chi connectivity index (χ3v) is 3.87. The standard InChI is InChI=1S/C17H16N6O/c1-10(9-24)21-17-20-7-13-11-4-6-18-8-14(11)22-16-12(15(13)23-17)3-2-5-19-16/h2-8,10,24H,9H2,1H3,(H,19,22)(H,20,21,23). The van der Waals surface area contributed by atoms with E-state index in [9.17, 15) is 5.11 Å². The number of aliphatic hydroxyl groups is 1. The summed E-state index contributed by atoms with van der Waals surface area (Å²) in [4.78, 5) is 17.7. The molecule has 4 rings (SSSR count). The van der Waals surface area contributed by atoms with Gasteiger partial charge in [-0.25, -0.2) is 15.0 Å². The van der Waals surface area contributed by atoms with E-state index in [1.54, 1.807) is 24.8 Å². The molecular formula is C17H16N6O. The Morgan fingerprint density at radius 2 is 2.04 bits per heavy atom. The lowest BCUT2D eigenvalue weighted by Crippen LogP contribution is -2.21. The van der Waals surface area contributed by atoms with Gasteiger partial charge in [-0.1, -0.05) is 0 Å². The van der Waals surface area contributed by atoms with Crippen LogP contribution in [0, 0.1) is 0 Å². The number of rotatable bonds is 3. The monoisotopic (exact) mass is 320 g/mol. The molecule has 4 heterocycles. The van der Waals surface area contributed by atoms with E-state index in [4.69, 9.17) is 0 Å². The molecule has 0 aliphatic carbocycles. The van der Waals surface area contributed by atoms with Crippen molar-refractivity contribution in [2.24, 2.45) is 0 Å². The molecule has 1 unspecified atom stereocenters. The minimum atomic E-state index is -0.128. The molecular weight excluding hydrogens is 304 g/mol. The van der Waals surface area contributed by atoms with E-state index in [0.717, 1.165) is 33.9 Å². The smallest absolute Gasteiger partial charge is 0.223 e. The van der Waals surface area contributed by atoms with Crippen molar-refractivity contribution < 1.29 is 5.11 Å². The van der Waals surface area contributed by atoms with Crippen molar-refractivity contribution in [1.29, 1.82) is 0 Å². The first kappa shape index (κ1) is 14.5. The number of hydrogen-bond acceptors (Lipinski definition) is 7. The quantitative estimate of drug-likeness (QED) is 0.533. The largest absolute Gasteiger partial charge is 0.394 e. The zero-order valence-corrected chi connectivity index (χ0v) is 13.1. The summed E-state index contributed by atoms with van der Waals surface area (Å²) in [7, 11) is 0. The van der Waals surface area contributed by atoms with E-state index in [1.165, 1.54) is 0 Å². The van der Waals surface area contributed by atoms with Crippen LogP contribution in [0.4, 0.5) is 17.5 Å². The third-order valence-electron chi connectivity index (χ3n) is 3.87. The van der Waals surface area contributed by atoms with E-state index in [0.29, 0.717) is 5.95 Å². The van der Waals surface area contributed by atoms with Crippen molar-refractivity contribution >= 4 is 17.5 Å². The summed E-state index contributed by atoms with van der Waals surface area (Å²) < 4.78 is 0. The minimum Gasteiger partial charge on any atom is -0.394 e. The van der Waals surface area contributed by atoms with E-state index in [-0.39, 0.29) is 12.6 Å². The second kappa shape index (κ2) is 5.86. The summed E-state index contributed by atoms with van der Waals surface area (Å²) in [5, 5.41) is 15.6. The fourth-order valence-electron chi connectivity index (χ4n) is 2.67. The van der Waals surface area contributed by atoms with Crippen LogP contribution in [0.5, 0.6) is 0 Å². The fourth-order valence-corrected chi connectivity index (χ4v) is 2.67. The molecule has 1 aliphatic rings. The lowest BCUT2D eigenvalue weighted by molar-refractivity contribution is 0.281. The van der Waals surface area contributed by atoms with Crippen LogP contribution in [0.15, 0.2) is 43.0 Å². The predicted molar refractivity (Wildman–Crippen MR) is 91.9 cm³/mol. The Labute approximate surface area is 138 Å². The van der Waals surface area contributed by atoms with Gasteiger partial charge in [-0.05, 0) is 25.1 Å². The number of nitrogens with zero attached hydrogens (tertiary/aromatic N) is 4. The average Bonchev–Trinajstić information content (AvgIpc) is 2.76. The van der Waals surface area contributed by atoms with Gasteiger partial charge >= 0.3 is 0 Å². The number of aliphatic hydroxyl groups excluding tert-OH is 1. The van der Waals surface area contributed by atoms with Gasteiger partial charge < -0.3 is 15.7 Å². The molecule has 0 spiro atoms. The Hall–Kier alpha value is -3.06. The molecule has 24 heavy (non-hydrogen) atoms. The molecule has 3 aromatic heterocycles. The van der Waals surface area contributed by atoms with Crippen molar-refractivity contribution in [3.8, 4) is 22.4 Å². The van der Waals surface area contributed by atoms with Crippen molar-refractivity contribution in [2.75, 3.05) is 17.2 Å². The summed E-state index contributed by atoms with van der Waals surface area (Å²) in [6, 6.07) is 5.65. The number of fused-ring (bicyclic) bond motifs is 5. The molecule has 0 aromatic carbocycles. The minimum absolute atomic E-state index is 0.00858. The van der Waals surface area contributed by atoms with Crippen LogP contribution in [-0.2, 0) is 0 Å². The summed E-state index contributed by atoms with van der Waals surface area (Å²) in [5.41, 5.74) is 4.43. The van der Waals surface area contributed by atoms with E-state index in [1.807, 2.05) is 25.1 Å². The van der Waals surface area contributed by atoms with Gasteiger partial charge in [0, 0.05) is 41.3 Å². The maximum atomic E-state index is 9.22. The SMILES string of the molecule is CC(CO)Nc1ncc2c(n1)-c1cccnc1Nc1cnccc1-2. The highest BCUT2D eigenvalue weighted by molar-refractivity contribution is 5.95. The summed E-state index contributed by atoms with van der Waals surface area (Å²) >= 11 is 0. The zero-order valence-electron chi connectivity index (χ0n) is 13.1.